The van der Waals surface area contributed by atoms with E-state index in [-0.39, 0.29) is 0 Å². The van der Waals surface area contributed by atoms with Gasteiger partial charge in [-0.15, -0.1) is 5.10 Å². The third kappa shape index (κ3) is 2.65. The molecule has 0 aliphatic carbocycles. The van der Waals surface area contributed by atoms with Gasteiger partial charge >= 0.3 is 0 Å². The lowest BCUT2D eigenvalue weighted by Crippen LogP contribution is -2.13. The van der Waals surface area contributed by atoms with E-state index in [0.29, 0.717) is 5.82 Å². The number of halogens is 1. The first-order chi connectivity index (χ1) is 7.79. The zero-order chi connectivity index (χ0) is 11.4. The van der Waals surface area contributed by atoms with Gasteiger partial charge in [0, 0.05) is 12.7 Å². The fourth-order valence-electron chi connectivity index (χ4n) is 1.25. The van der Waals surface area contributed by atoms with Crippen molar-refractivity contribution in [2.24, 2.45) is 0 Å². The summed E-state index contributed by atoms with van der Waals surface area (Å²) in [7, 11) is 0. The molecule has 2 aromatic rings. The Morgan fingerprint density at radius 2 is 2.25 bits per heavy atom. The molecular formula is C10H12BrN5. The molecular weight excluding hydrogens is 270 g/mol. The van der Waals surface area contributed by atoms with Gasteiger partial charge in [0.15, 0.2) is 5.82 Å². The Morgan fingerprint density at radius 3 is 2.81 bits per heavy atom. The molecule has 2 aromatic heterocycles. The zero-order valence-electron chi connectivity index (χ0n) is 8.89. The maximum Gasteiger partial charge on any atom is 0.175 e. The Balaban J connectivity index is 2.13. The predicted octanol–water partition coefficient (Wildman–Crippen LogP) is 1.53. The Kier molecular flexibility index (Phi) is 3.63. The first-order valence-electron chi connectivity index (χ1n) is 5.03. The van der Waals surface area contributed by atoms with Crippen molar-refractivity contribution in [3.63, 3.8) is 0 Å². The molecule has 6 heteroatoms. The molecule has 0 saturated carbocycles. The van der Waals surface area contributed by atoms with Crippen LogP contribution in [0.2, 0.25) is 0 Å². The van der Waals surface area contributed by atoms with Gasteiger partial charge in [-0.25, -0.2) is 4.68 Å². The van der Waals surface area contributed by atoms with Crippen LogP contribution in [0.25, 0.3) is 5.82 Å². The van der Waals surface area contributed by atoms with E-state index in [1.807, 2.05) is 18.3 Å². The van der Waals surface area contributed by atoms with Crippen molar-refractivity contribution in [1.29, 1.82) is 0 Å². The number of aromatic nitrogens is 4. The summed E-state index contributed by atoms with van der Waals surface area (Å²) < 4.78 is 2.60. The van der Waals surface area contributed by atoms with Crippen LogP contribution in [0.4, 0.5) is 0 Å². The molecule has 0 aliphatic heterocycles. The molecule has 0 radical (unpaired) electrons. The lowest BCUT2D eigenvalue weighted by Gasteiger charge is -2.02. The van der Waals surface area contributed by atoms with Gasteiger partial charge in [0.1, 0.15) is 0 Å². The highest BCUT2D eigenvalue weighted by atomic mass is 79.9. The summed E-state index contributed by atoms with van der Waals surface area (Å²) >= 11 is 3.34. The minimum atomic E-state index is 0.714. The van der Waals surface area contributed by atoms with Gasteiger partial charge in [-0.05, 0) is 34.6 Å². The Bertz CT molecular complexity index is 450. The summed E-state index contributed by atoms with van der Waals surface area (Å²) in [5.74, 6) is 0.714. The van der Waals surface area contributed by atoms with Gasteiger partial charge in [0.2, 0.25) is 0 Å². The molecule has 5 nitrogen and oxygen atoms in total. The SMILES string of the molecule is CCNCc1ccc(-n2cc(Br)cn2)nn1. The Hall–Kier alpha value is -1.27. The number of nitrogens with one attached hydrogen (secondary N) is 1. The molecule has 0 atom stereocenters. The van der Waals surface area contributed by atoms with Gasteiger partial charge in [-0.2, -0.15) is 10.2 Å². The van der Waals surface area contributed by atoms with Crippen LogP contribution in [0.3, 0.4) is 0 Å². The van der Waals surface area contributed by atoms with Crippen LogP contribution in [-0.4, -0.2) is 26.5 Å². The van der Waals surface area contributed by atoms with E-state index >= 15 is 0 Å². The molecule has 84 valence electrons. The third-order valence-electron chi connectivity index (χ3n) is 2.05. The minimum Gasteiger partial charge on any atom is -0.311 e. The van der Waals surface area contributed by atoms with Crippen LogP contribution < -0.4 is 5.32 Å². The van der Waals surface area contributed by atoms with Gasteiger partial charge < -0.3 is 5.32 Å². The van der Waals surface area contributed by atoms with Crippen molar-refractivity contribution in [2.75, 3.05) is 6.54 Å². The number of hydrogen-bond donors (Lipinski definition) is 1. The van der Waals surface area contributed by atoms with E-state index in [2.05, 4.69) is 43.5 Å². The van der Waals surface area contributed by atoms with Crippen LogP contribution in [0.1, 0.15) is 12.6 Å². The average molecular weight is 282 g/mol. The highest BCUT2D eigenvalue weighted by molar-refractivity contribution is 9.10. The smallest absolute Gasteiger partial charge is 0.175 e. The number of rotatable bonds is 4. The van der Waals surface area contributed by atoms with Crippen molar-refractivity contribution in [1.82, 2.24) is 25.3 Å². The molecule has 0 amide bonds. The molecule has 2 rings (SSSR count). The van der Waals surface area contributed by atoms with Crippen LogP contribution >= 0.6 is 15.9 Å². The minimum absolute atomic E-state index is 0.714. The lowest BCUT2D eigenvalue weighted by molar-refractivity contribution is 0.692. The van der Waals surface area contributed by atoms with Crippen molar-refractivity contribution in [3.05, 3.63) is 34.7 Å². The molecule has 0 saturated heterocycles. The lowest BCUT2D eigenvalue weighted by atomic mass is 10.4. The van der Waals surface area contributed by atoms with Crippen molar-refractivity contribution in [3.8, 4) is 5.82 Å². The molecule has 1 N–H and O–H groups in total. The van der Waals surface area contributed by atoms with Crippen LogP contribution in [0.5, 0.6) is 0 Å². The quantitative estimate of drug-likeness (QED) is 0.924. The topological polar surface area (TPSA) is 55.6 Å². The number of nitrogens with zero attached hydrogens (tertiary/aromatic N) is 4. The summed E-state index contributed by atoms with van der Waals surface area (Å²) in [5.41, 5.74) is 0.928. The van der Waals surface area contributed by atoms with Crippen molar-refractivity contribution in [2.45, 2.75) is 13.5 Å². The van der Waals surface area contributed by atoms with Gasteiger partial charge in [0.05, 0.1) is 16.4 Å². The standard InChI is InChI=1S/C10H12BrN5/c1-2-12-6-9-3-4-10(15-14-9)16-7-8(11)5-13-16/h3-5,7,12H,2,6H2,1H3. The highest BCUT2D eigenvalue weighted by Crippen LogP contribution is 2.10. The van der Waals surface area contributed by atoms with E-state index in [9.17, 15) is 0 Å². The molecule has 0 spiro atoms. The first-order valence-corrected chi connectivity index (χ1v) is 5.82. The second kappa shape index (κ2) is 5.18. The summed E-state index contributed by atoms with van der Waals surface area (Å²) in [6.45, 7) is 3.73. The van der Waals surface area contributed by atoms with Gasteiger partial charge in [0.25, 0.3) is 0 Å². The van der Waals surface area contributed by atoms with E-state index in [1.165, 1.54) is 0 Å². The molecule has 2 heterocycles. The van der Waals surface area contributed by atoms with Crippen LogP contribution in [0.15, 0.2) is 29.0 Å². The normalized spacial score (nSPS) is 10.6. The molecule has 0 aliphatic rings. The van der Waals surface area contributed by atoms with Gasteiger partial charge in [-0.1, -0.05) is 6.92 Å². The largest absolute Gasteiger partial charge is 0.311 e. The van der Waals surface area contributed by atoms with Crippen LogP contribution in [-0.2, 0) is 6.54 Å². The average Bonchev–Trinajstić information content (AvgIpc) is 2.74. The summed E-state index contributed by atoms with van der Waals surface area (Å²) in [4.78, 5) is 0. The van der Waals surface area contributed by atoms with Crippen LogP contribution in [0, 0.1) is 0 Å². The monoisotopic (exact) mass is 281 g/mol. The van der Waals surface area contributed by atoms with Gasteiger partial charge in [-0.3, -0.25) is 0 Å². The Labute approximate surface area is 102 Å². The van der Waals surface area contributed by atoms with E-state index in [0.717, 1.165) is 23.3 Å². The summed E-state index contributed by atoms with van der Waals surface area (Å²) in [6.07, 6.45) is 3.56. The summed E-state index contributed by atoms with van der Waals surface area (Å²) in [6, 6.07) is 3.85. The second-order valence-electron chi connectivity index (χ2n) is 3.27. The number of hydrogen-bond acceptors (Lipinski definition) is 4. The first kappa shape index (κ1) is 11.2. The maximum absolute atomic E-state index is 4.13. The van der Waals surface area contributed by atoms with Crippen molar-refractivity contribution < 1.29 is 0 Å². The fraction of sp³-hybridized carbons (Fsp3) is 0.300. The molecule has 0 fully saturated rings. The van der Waals surface area contributed by atoms with Crippen molar-refractivity contribution >= 4 is 15.9 Å². The fourth-order valence-corrected chi connectivity index (χ4v) is 1.53. The maximum atomic E-state index is 4.13. The summed E-state index contributed by atoms with van der Waals surface area (Å²) in [5, 5.41) is 15.5. The van der Waals surface area contributed by atoms with E-state index < -0.39 is 0 Å². The molecule has 0 bridgehead atoms. The zero-order valence-corrected chi connectivity index (χ0v) is 10.5. The molecule has 0 aromatic carbocycles. The predicted molar refractivity (Wildman–Crippen MR) is 64.2 cm³/mol. The van der Waals surface area contributed by atoms with E-state index in [4.69, 9.17) is 0 Å². The highest BCUT2D eigenvalue weighted by Gasteiger charge is 2.01. The third-order valence-corrected chi connectivity index (χ3v) is 2.46. The molecule has 0 unspecified atom stereocenters. The van der Waals surface area contributed by atoms with E-state index in [1.54, 1.807) is 10.9 Å². The Morgan fingerprint density at radius 1 is 1.38 bits per heavy atom. The second-order valence-corrected chi connectivity index (χ2v) is 4.18. The molecule has 16 heavy (non-hydrogen) atoms.